The summed E-state index contributed by atoms with van der Waals surface area (Å²) in [6.45, 7) is 8.50. The van der Waals surface area contributed by atoms with Crippen LogP contribution in [0.15, 0.2) is 10.9 Å². The molecule has 0 aliphatic rings. The molecule has 1 aromatic rings. The quantitative estimate of drug-likeness (QED) is 0.855. The van der Waals surface area contributed by atoms with E-state index in [9.17, 15) is 14.4 Å². The van der Waals surface area contributed by atoms with Gasteiger partial charge in [0.2, 0.25) is 5.91 Å². The van der Waals surface area contributed by atoms with E-state index >= 15 is 0 Å². The molecule has 1 unspecified atom stereocenters. The summed E-state index contributed by atoms with van der Waals surface area (Å²) in [5.41, 5.74) is 0.830. The van der Waals surface area contributed by atoms with Gasteiger partial charge in [0.1, 0.15) is 6.54 Å². The van der Waals surface area contributed by atoms with Gasteiger partial charge >= 0.3 is 5.69 Å². The van der Waals surface area contributed by atoms with Gasteiger partial charge in [0.15, 0.2) is 5.78 Å². The van der Waals surface area contributed by atoms with E-state index in [0.717, 1.165) is 0 Å². The number of carbonyl (C=O) groups is 2. The molecule has 1 N–H and O–H groups in total. The molecule has 6 heteroatoms. The van der Waals surface area contributed by atoms with E-state index in [1.165, 1.54) is 11.5 Å². The molecule has 110 valence electrons. The van der Waals surface area contributed by atoms with Crippen LogP contribution in [-0.4, -0.2) is 27.3 Å². The number of hydrogen-bond donors (Lipinski definition) is 1. The number of hydrogen-bond acceptors (Lipinski definition) is 4. The van der Waals surface area contributed by atoms with Gasteiger partial charge in [-0.1, -0.05) is 13.8 Å². The van der Waals surface area contributed by atoms with Crippen LogP contribution in [0.5, 0.6) is 0 Å². The Morgan fingerprint density at radius 2 is 1.95 bits per heavy atom. The van der Waals surface area contributed by atoms with Crippen molar-refractivity contribution < 1.29 is 9.59 Å². The van der Waals surface area contributed by atoms with Gasteiger partial charge in [-0.25, -0.2) is 4.79 Å². The molecule has 20 heavy (non-hydrogen) atoms. The summed E-state index contributed by atoms with van der Waals surface area (Å²) in [5.74, 6) is -0.459. The predicted molar refractivity (Wildman–Crippen MR) is 75.4 cm³/mol. The molecule has 1 rings (SSSR count). The molecule has 0 radical (unpaired) electrons. The monoisotopic (exact) mass is 279 g/mol. The number of ketones is 1. The third kappa shape index (κ3) is 4.01. The van der Waals surface area contributed by atoms with Crippen molar-refractivity contribution in [3.8, 4) is 0 Å². The highest BCUT2D eigenvalue weighted by Gasteiger charge is 2.21. The Morgan fingerprint density at radius 1 is 1.35 bits per heavy atom. The first kappa shape index (κ1) is 16.1. The van der Waals surface area contributed by atoms with Gasteiger partial charge in [0, 0.05) is 11.4 Å². The molecule has 1 atom stereocenters. The predicted octanol–water partition coefficient (Wildman–Crippen LogP) is 0.590. The van der Waals surface area contributed by atoms with Crippen LogP contribution in [-0.2, 0) is 16.1 Å². The van der Waals surface area contributed by atoms with E-state index in [2.05, 4.69) is 10.3 Å². The molecular weight excluding hydrogens is 258 g/mol. The standard InChI is InChI=1S/C14H21N3O3/c1-8(2)13(11(5)18)16-12(19)7-17-10(4)6-9(3)15-14(17)20/h6,8,13H,7H2,1-5H3,(H,16,19). The molecular formula is C14H21N3O3. The molecule has 0 bridgehead atoms. The second-order valence-electron chi connectivity index (χ2n) is 5.31. The van der Waals surface area contributed by atoms with Gasteiger partial charge in [-0.05, 0) is 32.8 Å². The Bertz CT molecular complexity index is 576. The average Bonchev–Trinajstić information content (AvgIpc) is 2.29. The zero-order valence-electron chi connectivity index (χ0n) is 12.6. The number of aromatic nitrogens is 2. The summed E-state index contributed by atoms with van der Waals surface area (Å²) >= 11 is 0. The number of amides is 1. The number of rotatable bonds is 5. The van der Waals surface area contributed by atoms with Crippen LogP contribution in [0, 0.1) is 19.8 Å². The second kappa shape index (κ2) is 6.45. The Hall–Kier alpha value is -1.98. The van der Waals surface area contributed by atoms with E-state index in [1.54, 1.807) is 19.9 Å². The average molecular weight is 279 g/mol. The van der Waals surface area contributed by atoms with E-state index in [0.29, 0.717) is 11.4 Å². The number of Topliss-reactive ketones (excluding diaryl/α,β-unsaturated/α-hetero) is 1. The maximum Gasteiger partial charge on any atom is 0.348 e. The highest BCUT2D eigenvalue weighted by molar-refractivity contribution is 5.87. The molecule has 1 aromatic heterocycles. The summed E-state index contributed by atoms with van der Waals surface area (Å²) in [6, 6.07) is 1.21. The summed E-state index contributed by atoms with van der Waals surface area (Å²) in [7, 11) is 0. The van der Waals surface area contributed by atoms with Crippen molar-refractivity contribution in [3.63, 3.8) is 0 Å². The van der Waals surface area contributed by atoms with E-state index in [1.807, 2.05) is 13.8 Å². The minimum atomic E-state index is -0.531. The highest BCUT2D eigenvalue weighted by Crippen LogP contribution is 2.03. The fourth-order valence-electron chi connectivity index (χ4n) is 2.07. The molecule has 0 saturated heterocycles. The van der Waals surface area contributed by atoms with E-state index in [-0.39, 0.29) is 24.2 Å². The van der Waals surface area contributed by atoms with Crippen molar-refractivity contribution in [2.45, 2.75) is 47.2 Å². The maximum atomic E-state index is 12.0. The largest absolute Gasteiger partial charge is 0.348 e. The van der Waals surface area contributed by atoms with Crippen molar-refractivity contribution in [2.24, 2.45) is 5.92 Å². The zero-order valence-corrected chi connectivity index (χ0v) is 12.6. The Balaban J connectivity index is 2.87. The van der Waals surface area contributed by atoms with Crippen molar-refractivity contribution in [2.75, 3.05) is 0 Å². The van der Waals surface area contributed by atoms with Gasteiger partial charge in [-0.2, -0.15) is 4.98 Å². The Morgan fingerprint density at radius 3 is 2.40 bits per heavy atom. The summed E-state index contributed by atoms with van der Waals surface area (Å²) in [5, 5.41) is 2.66. The van der Waals surface area contributed by atoms with Crippen molar-refractivity contribution >= 4 is 11.7 Å². The molecule has 0 aliphatic carbocycles. The van der Waals surface area contributed by atoms with Gasteiger partial charge < -0.3 is 5.32 Å². The van der Waals surface area contributed by atoms with Crippen LogP contribution in [0.3, 0.4) is 0 Å². The van der Waals surface area contributed by atoms with E-state index in [4.69, 9.17) is 0 Å². The Labute approximate surface area is 118 Å². The normalized spacial score (nSPS) is 12.3. The first-order valence-electron chi connectivity index (χ1n) is 6.57. The fraction of sp³-hybridized carbons (Fsp3) is 0.571. The van der Waals surface area contributed by atoms with Crippen LogP contribution >= 0.6 is 0 Å². The number of aryl methyl sites for hydroxylation is 2. The molecule has 0 aromatic carbocycles. The minimum absolute atomic E-state index is 0.00501. The zero-order chi connectivity index (χ0) is 15.4. The fourth-order valence-corrected chi connectivity index (χ4v) is 2.07. The van der Waals surface area contributed by atoms with Crippen LogP contribution in [0.1, 0.15) is 32.2 Å². The SMILES string of the molecule is CC(=O)C(NC(=O)Cn1c(C)cc(C)nc1=O)C(C)C. The van der Waals surface area contributed by atoms with Crippen molar-refractivity contribution in [1.82, 2.24) is 14.9 Å². The molecule has 0 spiro atoms. The lowest BCUT2D eigenvalue weighted by Crippen LogP contribution is -2.45. The van der Waals surface area contributed by atoms with Crippen molar-refractivity contribution in [3.05, 3.63) is 27.9 Å². The van der Waals surface area contributed by atoms with E-state index < -0.39 is 11.7 Å². The van der Waals surface area contributed by atoms with Crippen LogP contribution in [0.2, 0.25) is 0 Å². The molecule has 1 heterocycles. The van der Waals surface area contributed by atoms with Gasteiger partial charge in [-0.3, -0.25) is 14.2 Å². The second-order valence-corrected chi connectivity index (χ2v) is 5.31. The first-order valence-corrected chi connectivity index (χ1v) is 6.57. The highest BCUT2D eigenvalue weighted by atomic mass is 16.2. The number of nitrogens with zero attached hydrogens (tertiary/aromatic N) is 2. The van der Waals surface area contributed by atoms with Crippen LogP contribution < -0.4 is 11.0 Å². The first-order chi connectivity index (χ1) is 9.22. The third-order valence-corrected chi connectivity index (χ3v) is 3.07. The van der Waals surface area contributed by atoms with Crippen molar-refractivity contribution in [1.29, 1.82) is 0 Å². The number of carbonyl (C=O) groups excluding carboxylic acids is 2. The molecule has 0 fully saturated rings. The van der Waals surface area contributed by atoms with Gasteiger partial charge in [-0.15, -0.1) is 0 Å². The topological polar surface area (TPSA) is 81.1 Å². The number of nitrogens with one attached hydrogen (secondary N) is 1. The van der Waals surface area contributed by atoms with Crippen LogP contribution in [0.25, 0.3) is 0 Å². The van der Waals surface area contributed by atoms with Gasteiger partial charge in [0.05, 0.1) is 6.04 Å². The third-order valence-electron chi connectivity index (χ3n) is 3.07. The summed E-state index contributed by atoms with van der Waals surface area (Å²) in [6.07, 6.45) is 0. The lowest BCUT2D eigenvalue weighted by atomic mass is 10.0. The lowest BCUT2D eigenvalue weighted by Gasteiger charge is -2.20. The maximum absolute atomic E-state index is 12.0. The molecule has 1 amide bonds. The molecule has 0 aliphatic heterocycles. The summed E-state index contributed by atoms with van der Waals surface area (Å²) in [4.78, 5) is 39.0. The minimum Gasteiger partial charge on any atom is -0.344 e. The molecule has 6 nitrogen and oxygen atoms in total. The Kier molecular flexibility index (Phi) is 5.19. The summed E-state index contributed by atoms with van der Waals surface area (Å²) < 4.78 is 1.29. The van der Waals surface area contributed by atoms with Gasteiger partial charge in [0.25, 0.3) is 0 Å². The van der Waals surface area contributed by atoms with Crippen LogP contribution in [0.4, 0.5) is 0 Å². The molecule has 0 saturated carbocycles. The lowest BCUT2D eigenvalue weighted by molar-refractivity contribution is -0.128. The smallest absolute Gasteiger partial charge is 0.344 e.